The molecule has 4 nitrogen and oxygen atoms in total. The molecule has 3 heterocycles. The summed E-state index contributed by atoms with van der Waals surface area (Å²) in [6.45, 7) is 8.00. The molecule has 0 aromatic rings. The molecule has 1 spiro atoms. The van der Waals surface area contributed by atoms with Crippen molar-refractivity contribution >= 4 is 5.96 Å². The van der Waals surface area contributed by atoms with Crippen molar-refractivity contribution in [3.05, 3.63) is 0 Å². The fourth-order valence-corrected chi connectivity index (χ4v) is 4.17. The van der Waals surface area contributed by atoms with Crippen LogP contribution in [0.2, 0.25) is 0 Å². The first kappa shape index (κ1) is 12.3. The summed E-state index contributed by atoms with van der Waals surface area (Å²) in [5, 5.41) is 0. The standard InChI is InChI=1S/C14H26N4/c1-3-11(2)18-13(15)16-10-14(18)6-8-17-7-4-5-12(17)9-14/h11-12H,3-10H2,1-2H3,(H2,15,16). The van der Waals surface area contributed by atoms with Crippen LogP contribution in [0.3, 0.4) is 0 Å². The van der Waals surface area contributed by atoms with Crippen LogP contribution in [0.15, 0.2) is 4.99 Å². The molecule has 0 amide bonds. The van der Waals surface area contributed by atoms with Gasteiger partial charge < -0.3 is 15.5 Å². The molecule has 3 atom stereocenters. The van der Waals surface area contributed by atoms with Gasteiger partial charge in [0, 0.05) is 18.6 Å². The Morgan fingerprint density at radius 1 is 1.50 bits per heavy atom. The molecule has 0 aliphatic carbocycles. The van der Waals surface area contributed by atoms with Crippen molar-refractivity contribution in [1.82, 2.24) is 9.80 Å². The number of nitrogens with zero attached hydrogens (tertiary/aromatic N) is 3. The molecule has 3 aliphatic heterocycles. The minimum atomic E-state index is 0.241. The fraction of sp³-hybridized carbons (Fsp3) is 0.929. The molecule has 102 valence electrons. The van der Waals surface area contributed by atoms with E-state index in [-0.39, 0.29) is 5.54 Å². The topological polar surface area (TPSA) is 44.9 Å². The zero-order valence-electron chi connectivity index (χ0n) is 11.7. The zero-order valence-corrected chi connectivity index (χ0v) is 11.7. The molecule has 0 aromatic heterocycles. The first-order valence-electron chi connectivity index (χ1n) is 7.49. The van der Waals surface area contributed by atoms with E-state index >= 15 is 0 Å². The fourth-order valence-electron chi connectivity index (χ4n) is 4.17. The Hall–Kier alpha value is -0.770. The number of hydrogen-bond acceptors (Lipinski definition) is 4. The lowest BCUT2D eigenvalue weighted by Gasteiger charge is -2.49. The molecule has 3 unspecified atom stereocenters. The molecular weight excluding hydrogens is 224 g/mol. The lowest BCUT2D eigenvalue weighted by Crippen LogP contribution is -2.61. The molecule has 4 heteroatoms. The third-order valence-electron chi connectivity index (χ3n) is 5.30. The summed E-state index contributed by atoms with van der Waals surface area (Å²) in [5.41, 5.74) is 6.40. The summed E-state index contributed by atoms with van der Waals surface area (Å²) in [4.78, 5) is 9.70. The Morgan fingerprint density at radius 2 is 2.33 bits per heavy atom. The lowest BCUT2D eigenvalue weighted by molar-refractivity contribution is 0.0447. The van der Waals surface area contributed by atoms with Gasteiger partial charge in [0.2, 0.25) is 0 Å². The average molecular weight is 250 g/mol. The van der Waals surface area contributed by atoms with Crippen molar-refractivity contribution in [3.8, 4) is 0 Å². The average Bonchev–Trinajstić information content (AvgIpc) is 2.94. The van der Waals surface area contributed by atoms with E-state index in [1.807, 2.05) is 0 Å². The van der Waals surface area contributed by atoms with Crippen molar-refractivity contribution in [2.24, 2.45) is 10.7 Å². The normalized spacial score (nSPS) is 38.0. The first-order valence-corrected chi connectivity index (χ1v) is 7.49. The van der Waals surface area contributed by atoms with Crippen LogP contribution in [-0.4, -0.2) is 53.0 Å². The second-order valence-corrected chi connectivity index (χ2v) is 6.31. The van der Waals surface area contributed by atoms with Gasteiger partial charge >= 0.3 is 0 Å². The van der Waals surface area contributed by atoms with Gasteiger partial charge in [-0.2, -0.15) is 0 Å². The predicted molar refractivity (Wildman–Crippen MR) is 74.6 cm³/mol. The summed E-state index contributed by atoms with van der Waals surface area (Å²) in [7, 11) is 0. The highest BCUT2D eigenvalue weighted by molar-refractivity contribution is 5.81. The second-order valence-electron chi connectivity index (χ2n) is 6.31. The van der Waals surface area contributed by atoms with E-state index in [9.17, 15) is 0 Å². The summed E-state index contributed by atoms with van der Waals surface area (Å²) >= 11 is 0. The number of nitrogens with two attached hydrogens (primary N) is 1. The van der Waals surface area contributed by atoms with Crippen LogP contribution in [-0.2, 0) is 0 Å². The number of aliphatic imine (C=N–C) groups is 1. The number of piperidine rings is 1. The van der Waals surface area contributed by atoms with Gasteiger partial charge in [0.15, 0.2) is 5.96 Å². The number of rotatable bonds is 2. The molecule has 0 saturated carbocycles. The Bertz CT molecular complexity index is 354. The lowest BCUT2D eigenvalue weighted by atomic mass is 9.81. The van der Waals surface area contributed by atoms with Crippen LogP contribution in [0.1, 0.15) is 46.0 Å². The quantitative estimate of drug-likeness (QED) is 0.806. The van der Waals surface area contributed by atoms with E-state index in [4.69, 9.17) is 5.73 Å². The maximum absolute atomic E-state index is 6.16. The van der Waals surface area contributed by atoms with Crippen molar-refractivity contribution in [3.63, 3.8) is 0 Å². The maximum Gasteiger partial charge on any atom is 0.192 e. The summed E-state index contributed by atoms with van der Waals surface area (Å²) < 4.78 is 0. The minimum Gasteiger partial charge on any atom is -0.370 e. The van der Waals surface area contributed by atoms with Gasteiger partial charge in [-0.1, -0.05) is 6.92 Å². The molecule has 2 fully saturated rings. The zero-order chi connectivity index (χ0) is 12.8. The first-order chi connectivity index (χ1) is 8.66. The molecule has 18 heavy (non-hydrogen) atoms. The number of fused-ring (bicyclic) bond motifs is 1. The number of guanidine groups is 1. The van der Waals surface area contributed by atoms with E-state index in [1.165, 1.54) is 38.8 Å². The van der Waals surface area contributed by atoms with Gasteiger partial charge in [0.25, 0.3) is 0 Å². The predicted octanol–water partition coefficient (Wildman–Crippen LogP) is 1.41. The third-order valence-corrected chi connectivity index (χ3v) is 5.30. The van der Waals surface area contributed by atoms with E-state index in [1.54, 1.807) is 0 Å². The summed E-state index contributed by atoms with van der Waals surface area (Å²) in [5.74, 6) is 0.788. The van der Waals surface area contributed by atoms with Crippen LogP contribution >= 0.6 is 0 Å². The van der Waals surface area contributed by atoms with Crippen LogP contribution in [0.4, 0.5) is 0 Å². The Labute approximate surface area is 110 Å². The SMILES string of the molecule is CCC(C)N1C(N)=NCC12CCN1CCCC1C2. The highest BCUT2D eigenvalue weighted by atomic mass is 15.4. The molecule has 0 bridgehead atoms. The second kappa shape index (κ2) is 4.41. The van der Waals surface area contributed by atoms with Crippen molar-refractivity contribution in [2.75, 3.05) is 19.6 Å². The monoisotopic (exact) mass is 250 g/mol. The van der Waals surface area contributed by atoms with Gasteiger partial charge in [0.05, 0.1) is 12.1 Å². The molecule has 3 aliphatic rings. The van der Waals surface area contributed by atoms with E-state index in [0.29, 0.717) is 6.04 Å². The molecule has 2 N–H and O–H groups in total. The van der Waals surface area contributed by atoms with Gasteiger partial charge in [-0.25, -0.2) is 0 Å². The summed E-state index contributed by atoms with van der Waals surface area (Å²) in [6.07, 6.45) is 6.39. The Balaban J connectivity index is 1.81. The van der Waals surface area contributed by atoms with E-state index < -0.39 is 0 Å². The molecule has 3 rings (SSSR count). The van der Waals surface area contributed by atoms with Crippen molar-refractivity contribution in [1.29, 1.82) is 0 Å². The molecule has 0 radical (unpaired) electrons. The van der Waals surface area contributed by atoms with Gasteiger partial charge in [0.1, 0.15) is 0 Å². The number of hydrogen-bond donors (Lipinski definition) is 1. The van der Waals surface area contributed by atoms with E-state index in [0.717, 1.165) is 25.0 Å². The van der Waals surface area contributed by atoms with Gasteiger partial charge in [-0.05, 0) is 45.6 Å². The van der Waals surface area contributed by atoms with Crippen molar-refractivity contribution in [2.45, 2.75) is 63.6 Å². The molecule has 0 aromatic carbocycles. The minimum absolute atomic E-state index is 0.241. The van der Waals surface area contributed by atoms with Crippen LogP contribution in [0.25, 0.3) is 0 Å². The van der Waals surface area contributed by atoms with E-state index in [2.05, 4.69) is 28.6 Å². The van der Waals surface area contributed by atoms with Crippen molar-refractivity contribution < 1.29 is 0 Å². The highest BCUT2D eigenvalue weighted by Crippen LogP contribution is 2.40. The molecular formula is C14H26N4. The van der Waals surface area contributed by atoms with Gasteiger partial charge in [-0.3, -0.25) is 4.99 Å². The largest absolute Gasteiger partial charge is 0.370 e. The Morgan fingerprint density at radius 3 is 3.11 bits per heavy atom. The van der Waals surface area contributed by atoms with Crippen LogP contribution < -0.4 is 5.73 Å². The summed E-state index contributed by atoms with van der Waals surface area (Å²) in [6, 6.07) is 1.30. The van der Waals surface area contributed by atoms with Crippen LogP contribution in [0, 0.1) is 0 Å². The highest BCUT2D eigenvalue weighted by Gasteiger charge is 2.49. The Kier molecular flexibility index (Phi) is 3.00. The maximum atomic E-state index is 6.16. The molecule has 2 saturated heterocycles. The smallest absolute Gasteiger partial charge is 0.192 e. The van der Waals surface area contributed by atoms with Gasteiger partial charge in [-0.15, -0.1) is 0 Å². The van der Waals surface area contributed by atoms with Crippen LogP contribution in [0.5, 0.6) is 0 Å². The third kappa shape index (κ3) is 1.73.